The lowest BCUT2D eigenvalue weighted by Gasteiger charge is -2.60. The van der Waals surface area contributed by atoms with Crippen molar-refractivity contribution in [3.05, 3.63) is 54.6 Å². The van der Waals surface area contributed by atoms with Crippen LogP contribution in [0.2, 0.25) is 0 Å². The zero-order valence-electron chi connectivity index (χ0n) is 19.8. The molecule has 4 bridgehead atoms. The lowest BCUT2D eigenvalue weighted by Crippen LogP contribution is -2.65. The van der Waals surface area contributed by atoms with Crippen LogP contribution in [0.5, 0.6) is 0 Å². The minimum absolute atomic E-state index is 0.0460. The first-order valence-electron chi connectivity index (χ1n) is 12.2. The molecule has 0 aliphatic heterocycles. The van der Waals surface area contributed by atoms with Crippen molar-refractivity contribution in [1.29, 1.82) is 0 Å². The molecule has 5 atom stereocenters. The lowest BCUT2D eigenvalue weighted by molar-refractivity contribution is -0.181. The van der Waals surface area contributed by atoms with Gasteiger partial charge >= 0.3 is 5.97 Å². The summed E-state index contributed by atoms with van der Waals surface area (Å²) in [7, 11) is 0. The molecule has 0 radical (unpaired) electrons. The van der Waals surface area contributed by atoms with Crippen LogP contribution in [-0.2, 0) is 19.1 Å². The monoisotopic (exact) mass is 460 g/mol. The number of para-hydroxylation sites is 1. The van der Waals surface area contributed by atoms with Crippen LogP contribution in [0.4, 0.5) is 5.69 Å². The van der Waals surface area contributed by atoms with Crippen molar-refractivity contribution in [3.8, 4) is 11.1 Å². The van der Waals surface area contributed by atoms with Crippen LogP contribution in [0, 0.1) is 17.3 Å². The van der Waals surface area contributed by atoms with Gasteiger partial charge in [-0.3, -0.25) is 14.4 Å². The average molecular weight is 461 g/mol. The number of hydrogen-bond acceptors (Lipinski definition) is 4. The number of rotatable bonds is 6. The highest BCUT2D eigenvalue weighted by molar-refractivity contribution is 5.98. The van der Waals surface area contributed by atoms with E-state index >= 15 is 0 Å². The molecular weight excluding hydrogens is 428 g/mol. The molecular formula is C28H32N2O4. The van der Waals surface area contributed by atoms with E-state index in [1.807, 2.05) is 54.6 Å². The Labute approximate surface area is 200 Å². The number of carbonyl (C=O) groups is 3. The van der Waals surface area contributed by atoms with Gasteiger partial charge in [-0.05, 0) is 68.9 Å². The third-order valence-corrected chi connectivity index (χ3v) is 7.86. The highest BCUT2D eigenvalue weighted by Gasteiger charge is 2.61. The van der Waals surface area contributed by atoms with Crippen molar-refractivity contribution in [2.45, 2.75) is 64.0 Å². The van der Waals surface area contributed by atoms with E-state index in [1.165, 1.54) is 0 Å². The average Bonchev–Trinajstić information content (AvgIpc) is 2.78. The maximum atomic E-state index is 13.5. The summed E-state index contributed by atoms with van der Waals surface area (Å²) < 4.78 is 5.80. The first-order valence-corrected chi connectivity index (χ1v) is 12.2. The summed E-state index contributed by atoms with van der Waals surface area (Å²) in [5.41, 5.74) is 1.67. The second-order valence-electron chi connectivity index (χ2n) is 10.7. The molecule has 2 unspecified atom stereocenters. The minimum Gasteiger partial charge on any atom is -0.452 e. The Kier molecular flexibility index (Phi) is 5.70. The number of nitrogens with one attached hydrogen (secondary N) is 2. The molecule has 0 heterocycles. The summed E-state index contributed by atoms with van der Waals surface area (Å²) in [6.07, 6.45) is 4.25. The Hall–Kier alpha value is -3.15. The molecule has 6 rings (SSSR count). The molecule has 0 aromatic heterocycles. The number of carbonyl (C=O) groups excluding carboxylic acids is 3. The Morgan fingerprint density at radius 1 is 0.941 bits per heavy atom. The number of anilines is 1. The molecule has 4 aliphatic rings. The zero-order valence-corrected chi connectivity index (χ0v) is 19.8. The number of esters is 1. The minimum atomic E-state index is -0.916. The maximum Gasteiger partial charge on any atom is 0.312 e. The molecule has 4 saturated carbocycles. The molecule has 6 heteroatoms. The van der Waals surface area contributed by atoms with E-state index in [9.17, 15) is 14.4 Å². The Balaban J connectivity index is 1.29. The van der Waals surface area contributed by atoms with Gasteiger partial charge in [0, 0.05) is 23.7 Å². The summed E-state index contributed by atoms with van der Waals surface area (Å²) >= 11 is 0. The topological polar surface area (TPSA) is 84.5 Å². The molecule has 4 fully saturated rings. The fourth-order valence-electron chi connectivity index (χ4n) is 7.06. The van der Waals surface area contributed by atoms with E-state index in [-0.39, 0.29) is 23.3 Å². The second-order valence-corrected chi connectivity index (χ2v) is 10.7. The molecule has 4 aliphatic carbocycles. The summed E-state index contributed by atoms with van der Waals surface area (Å²) in [6, 6.07) is 17.5. The smallest absolute Gasteiger partial charge is 0.312 e. The summed E-state index contributed by atoms with van der Waals surface area (Å²) in [5.74, 6) is 0.147. The quantitative estimate of drug-likeness (QED) is 0.612. The number of ether oxygens (including phenoxy) is 1. The van der Waals surface area contributed by atoms with Crippen LogP contribution >= 0.6 is 0 Å². The van der Waals surface area contributed by atoms with Gasteiger partial charge in [0.05, 0.1) is 5.41 Å². The number of hydrogen-bond donors (Lipinski definition) is 2. The Bertz CT molecular complexity index is 1100. The molecule has 178 valence electrons. The molecule has 0 saturated heterocycles. The number of amides is 2. The van der Waals surface area contributed by atoms with Gasteiger partial charge in [0.15, 0.2) is 6.10 Å². The van der Waals surface area contributed by atoms with Gasteiger partial charge in [-0.25, -0.2) is 0 Å². The van der Waals surface area contributed by atoms with E-state index in [4.69, 9.17) is 4.74 Å². The van der Waals surface area contributed by atoms with E-state index in [1.54, 1.807) is 13.8 Å². The van der Waals surface area contributed by atoms with Crippen LogP contribution < -0.4 is 10.6 Å². The van der Waals surface area contributed by atoms with Gasteiger partial charge in [0.1, 0.15) is 0 Å². The number of benzene rings is 2. The van der Waals surface area contributed by atoms with Crippen LogP contribution in [0.3, 0.4) is 0 Å². The van der Waals surface area contributed by atoms with Crippen LogP contribution in [-0.4, -0.2) is 29.4 Å². The molecule has 2 aromatic rings. The Morgan fingerprint density at radius 2 is 1.59 bits per heavy atom. The molecule has 0 spiro atoms. The third kappa shape index (κ3) is 4.22. The van der Waals surface area contributed by atoms with E-state index in [2.05, 4.69) is 10.6 Å². The van der Waals surface area contributed by atoms with E-state index < -0.39 is 11.5 Å². The molecule has 2 N–H and O–H groups in total. The Morgan fingerprint density at radius 3 is 2.26 bits per heavy atom. The first kappa shape index (κ1) is 22.6. The van der Waals surface area contributed by atoms with Gasteiger partial charge in [0.2, 0.25) is 5.91 Å². The summed E-state index contributed by atoms with van der Waals surface area (Å²) in [5, 5.41) is 6.12. The van der Waals surface area contributed by atoms with Gasteiger partial charge in [0.25, 0.3) is 5.91 Å². The predicted octanol–water partition coefficient (Wildman–Crippen LogP) is 4.70. The second kappa shape index (κ2) is 8.57. The molecule has 6 nitrogen and oxygen atoms in total. The van der Waals surface area contributed by atoms with Crippen molar-refractivity contribution in [1.82, 2.24) is 5.32 Å². The third-order valence-electron chi connectivity index (χ3n) is 7.86. The highest BCUT2D eigenvalue weighted by atomic mass is 16.5. The fourth-order valence-corrected chi connectivity index (χ4v) is 7.06. The molecule has 2 amide bonds. The first-order chi connectivity index (χ1) is 16.3. The largest absolute Gasteiger partial charge is 0.452 e. The maximum absolute atomic E-state index is 13.5. The van der Waals surface area contributed by atoms with Crippen molar-refractivity contribution < 1.29 is 19.1 Å². The summed E-state index contributed by atoms with van der Waals surface area (Å²) in [4.78, 5) is 38.4. The van der Waals surface area contributed by atoms with Gasteiger partial charge in [-0.1, -0.05) is 48.5 Å². The summed E-state index contributed by atoms with van der Waals surface area (Å²) in [6.45, 7) is 3.17. The van der Waals surface area contributed by atoms with Crippen molar-refractivity contribution in [2.24, 2.45) is 17.3 Å². The zero-order chi connectivity index (χ0) is 23.9. The van der Waals surface area contributed by atoms with Crippen molar-refractivity contribution >= 4 is 23.5 Å². The standard InChI is InChI=1S/C28H32N2O4/c1-18(25(32)29-24-11-7-6-10-23(24)22-8-4-3-5-9-22)34-26(33)27-13-20-12-21(14-27)16-28(15-20,17-27)30-19(2)31/h3-11,18,20-21H,12-17H2,1-2H3,(H,29,32)(H,30,31)/t18-,20-,21+,27?,28?/m0/s1. The van der Waals surface area contributed by atoms with Crippen molar-refractivity contribution in [2.75, 3.05) is 5.32 Å². The highest BCUT2D eigenvalue weighted by Crippen LogP contribution is 2.62. The van der Waals surface area contributed by atoms with E-state index in [0.717, 1.165) is 43.2 Å². The lowest BCUT2D eigenvalue weighted by atomic mass is 9.47. The van der Waals surface area contributed by atoms with Crippen LogP contribution in [0.1, 0.15) is 52.4 Å². The van der Waals surface area contributed by atoms with Gasteiger partial charge < -0.3 is 15.4 Å². The van der Waals surface area contributed by atoms with Gasteiger partial charge in [-0.2, -0.15) is 0 Å². The van der Waals surface area contributed by atoms with Gasteiger partial charge in [-0.15, -0.1) is 0 Å². The SMILES string of the molecule is CC(=O)NC12C[C@H]3C[C@@H](C1)CC(C(=O)O[C@@H](C)C(=O)Nc1ccccc1-c1ccccc1)(C3)C2. The molecule has 2 aromatic carbocycles. The van der Waals surface area contributed by atoms with Crippen LogP contribution in [0.15, 0.2) is 54.6 Å². The normalized spacial score (nSPS) is 29.8. The predicted molar refractivity (Wildman–Crippen MR) is 130 cm³/mol. The van der Waals surface area contributed by atoms with Crippen molar-refractivity contribution in [3.63, 3.8) is 0 Å². The van der Waals surface area contributed by atoms with E-state index in [0.29, 0.717) is 23.9 Å². The van der Waals surface area contributed by atoms with Crippen LogP contribution in [0.25, 0.3) is 11.1 Å². The molecule has 34 heavy (non-hydrogen) atoms. The fraction of sp³-hybridized carbons (Fsp3) is 0.464.